The van der Waals surface area contributed by atoms with Gasteiger partial charge in [-0.25, -0.2) is 0 Å². The van der Waals surface area contributed by atoms with Crippen molar-refractivity contribution in [1.82, 2.24) is 10.6 Å². The van der Waals surface area contributed by atoms with Crippen molar-refractivity contribution < 1.29 is 14.3 Å². The molecule has 4 N–H and O–H groups in total. The summed E-state index contributed by atoms with van der Waals surface area (Å²) in [5, 5.41) is 5.68. The van der Waals surface area contributed by atoms with E-state index in [2.05, 4.69) is 10.6 Å². The van der Waals surface area contributed by atoms with Gasteiger partial charge in [0.25, 0.3) is 0 Å². The van der Waals surface area contributed by atoms with Gasteiger partial charge in [-0.05, 0) is 20.8 Å². The lowest BCUT2D eigenvalue weighted by Gasteiger charge is -2.23. The molecule has 2 amide bonds. The molecule has 6 nitrogen and oxygen atoms in total. The summed E-state index contributed by atoms with van der Waals surface area (Å²) in [6, 6.07) is -0.370. The Balaban J connectivity index is 3.97. The molecule has 0 heterocycles. The first-order valence-corrected chi connectivity index (χ1v) is 5.61. The average Bonchev–Trinajstić information content (AvgIpc) is 2.26. The van der Waals surface area contributed by atoms with Gasteiger partial charge in [-0.1, -0.05) is 0 Å². The molecule has 100 valence electrons. The average molecular weight is 245 g/mol. The molecule has 0 aromatic carbocycles. The summed E-state index contributed by atoms with van der Waals surface area (Å²) in [6.45, 7) is 6.52. The third-order valence-electron chi connectivity index (χ3n) is 2.52. The van der Waals surface area contributed by atoms with E-state index in [0.29, 0.717) is 19.7 Å². The van der Waals surface area contributed by atoms with Crippen LogP contribution in [-0.2, 0) is 14.3 Å². The maximum atomic E-state index is 11.6. The van der Waals surface area contributed by atoms with Crippen LogP contribution in [0.4, 0.5) is 0 Å². The molecule has 0 aliphatic carbocycles. The van der Waals surface area contributed by atoms with E-state index in [4.69, 9.17) is 10.5 Å². The number of hydrogen-bond donors (Lipinski definition) is 3. The predicted octanol–water partition coefficient (Wildman–Crippen LogP) is -0.761. The molecule has 17 heavy (non-hydrogen) atoms. The van der Waals surface area contributed by atoms with Gasteiger partial charge in [0, 0.05) is 20.2 Å². The molecule has 0 rings (SSSR count). The molecule has 0 fully saturated rings. The monoisotopic (exact) mass is 245 g/mol. The summed E-state index contributed by atoms with van der Waals surface area (Å²) in [7, 11) is 1.57. The summed E-state index contributed by atoms with van der Waals surface area (Å²) >= 11 is 0. The fourth-order valence-electron chi connectivity index (χ4n) is 1.02. The number of ether oxygens (including phenoxy) is 1. The van der Waals surface area contributed by atoms with Crippen LogP contribution in [0.25, 0.3) is 0 Å². The highest BCUT2D eigenvalue weighted by molar-refractivity contribution is 5.82. The second kappa shape index (κ2) is 7.24. The number of hydrogen-bond acceptors (Lipinski definition) is 4. The van der Waals surface area contributed by atoms with Gasteiger partial charge in [-0.2, -0.15) is 0 Å². The van der Waals surface area contributed by atoms with Gasteiger partial charge in [-0.3, -0.25) is 9.59 Å². The van der Waals surface area contributed by atoms with E-state index < -0.39 is 11.3 Å². The molecular formula is C11H23N3O3. The Morgan fingerprint density at radius 1 is 1.41 bits per heavy atom. The molecule has 0 aliphatic heterocycles. The van der Waals surface area contributed by atoms with Crippen molar-refractivity contribution >= 4 is 11.8 Å². The fraction of sp³-hybridized carbons (Fsp3) is 0.818. The first-order valence-electron chi connectivity index (χ1n) is 5.61. The lowest BCUT2D eigenvalue weighted by atomic mass is 9.92. The smallest absolute Gasteiger partial charge is 0.236 e. The minimum atomic E-state index is -0.666. The van der Waals surface area contributed by atoms with Crippen molar-refractivity contribution in [3.05, 3.63) is 0 Å². The molecule has 0 bridgehead atoms. The summed E-state index contributed by atoms with van der Waals surface area (Å²) in [6.07, 6.45) is 0. The zero-order chi connectivity index (χ0) is 13.5. The minimum Gasteiger partial charge on any atom is -0.383 e. The standard InChI is InChI=1S/C11H23N3O3/c1-8(9(15)13-5-6-17-4)14-7-11(2,3)10(12)16/h8,14H,5-7H2,1-4H3,(H2,12,16)(H,13,15). The van der Waals surface area contributed by atoms with Gasteiger partial charge in [0.2, 0.25) is 11.8 Å². The summed E-state index contributed by atoms with van der Waals surface area (Å²) in [5.41, 5.74) is 4.57. The highest BCUT2D eigenvalue weighted by Gasteiger charge is 2.26. The SMILES string of the molecule is COCCNC(=O)C(C)NCC(C)(C)C(N)=O. The van der Waals surface area contributed by atoms with Gasteiger partial charge in [0.1, 0.15) is 0 Å². The second-order valence-corrected chi connectivity index (χ2v) is 4.63. The Hall–Kier alpha value is -1.14. The van der Waals surface area contributed by atoms with E-state index >= 15 is 0 Å². The van der Waals surface area contributed by atoms with Crippen LogP contribution in [0.1, 0.15) is 20.8 Å². The number of methoxy groups -OCH3 is 1. The molecule has 0 spiro atoms. The number of amides is 2. The third kappa shape index (κ3) is 6.23. The van der Waals surface area contributed by atoms with Crippen LogP contribution in [0.5, 0.6) is 0 Å². The minimum absolute atomic E-state index is 0.123. The van der Waals surface area contributed by atoms with Crippen molar-refractivity contribution in [3.8, 4) is 0 Å². The number of nitrogens with two attached hydrogens (primary N) is 1. The molecule has 0 saturated heterocycles. The van der Waals surface area contributed by atoms with Gasteiger partial charge >= 0.3 is 0 Å². The Labute approximate surface area is 102 Å². The zero-order valence-corrected chi connectivity index (χ0v) is 11.0. The third-order valence-corrected chi connectivity index (χ3v) is 2.52. The van der Waals surface area contributed by atoms with E-state index in [1.165, 1.54) is 0 Å². The summed E-state index contributed by atoms with van der Waals surface area (Å²) in [4.78, 5) is 22.6. The quantitative estimate of drug-likeness (QED) is 0.490. The lowest BCUT2D eigenvalue weighted by Crippen LogP contribution is -2.48. The van der Waals surface area contributed by atoms with Crippen LogP contribution < -0.4 is 16.4 Å². The Morgan fingerprint density at radius 2 is 2.00 bits per heavy atom. The molecular weight excluding hydrogens is 222 g/mol. The van der Waals surface area contributed by atoms with Crippen molar-refractivity contribution in [3.63, 3.8) is 0 Å². The first kappa shape index (κ1) is 15.9. The Morgan fingerprint density at radius 3 is 2.47 bits per heavy atom. The van der Waals surface area contributed by atoms with E-state index in [0.717, 1.165) is 0 Å². The molecule has 1 atom stereocenters. The van der Waals surface area contributed by atoms with E-state index in [9.17, 15) is 9.59 Å². The predicted molar refractivity (Wildman–Crippen MR) is 65.3 cm³/mol. The highest BCUT2D eigenvalue weighted by atomic mass is 16.5. The molecule has 1 unspecified atom stereocenters. The lowest BCUT2D eigenvalue weighted by molar-refractivity contribution is -0.127. The van der Waals surface area contributed by atoms with Crippen molar-refractivity contribution in [2.45, 2.75) is 26.8 Å². The summed E-state index contributed by atoms with van der Waals surface area (Å²) < 4.78 is 4.82. The Bertz CT molecular complexity index is 267. The highest BCUT2D eigenvalue weighted by Crippen LogP contribution is 2.11. The van der Waals surface area contributed by atoms with E-state index in [1.807, 2.05) is 0 Å². The Kier molecular flexibility index (Phi) is 6.75. The fourth-order valence-corrected chi connectivity index (χ4v) is 1.02. The van der Waals surface area contributed by atoms with Crippen LogP contribution in [-0.4, -0.2) is 44.7 Å². The molecule has 0 aliphatic rings. The van der Waals surface area contributed by atoms with Crippen LogP contribution in [0.2, 0.25) is 0 Å². The number of carbonyl (C=O) groups excluding carboxylic acids is 2. The van der Waals surface area contributed by atoms with Gasteiger partial charge in [-0.15, -0.1) is 0 Å². The molecule has 0 radical (unpaired) electrons. The van der Waals surface area contributed by atoms with Crippen molar-refractivity contribution in [1.29, 1.82) is 0 Å². The largest absolute Gasteiger partial charge is 0.383 e. The van der Waals surface area contributed by atoms with Gasteiger partial charge in [0.05, 0.1) is 18.1 Å². The topological polar surface area (TPSA) is 93.4 Å². The maximum absolute atomic E-state index is 11.6. The molecule has 0 aromatic rings. The number of carbonyl (C=O) groups is 2. The van der Waals surface area contributed by atoms with E-state index in [-0.39, 0.29) is 11.9 Å². The normalized spacial score (nSPS) is 13.2. The molecule has 0 aromatic heterocycles. The second-order valence-electron chi connectivity index (χ2n) is 4.63. The van der Waals surface area contributed by atoms with Gasteiger partial charge in [0.15, 0.2) is 0 Å². The van der Waals surface area contributed by atoms with Crippen LogP contribution in [0.3, 0.4) is 0 Å². The van der Waals surface area contributed by atoms with Crippen LogP contribution in [0.15, 0.2) is 0 Å². The van der Waals surface area contributed by atoms with Crippen LogP contribution >= 0.6 is 0 Å². The first-order chi connectivity index (χ1) is 7.81. The molecule has 6 heteroatoms. The van der Waals surface area contributed by atoms with Crippen molar-refractivity contribution in [2.75, 3.05) is 26.8 Å². The number of primary amides is 1. The molecule has 0 saturated carbocycles. The van der Waals surface area contributed by atoms with Gasteiger partial charge < -0.3 is 21.1 Å². The van der Waals surface area contributed by atoms with Crippen LogP contribution in [0, 0.1) is 5.41 Å². The summed E-state index contributed by atoms with van der Waals surface area (Å²) in [5.74, 6) is -0.515. The number of nitrogens with one attached hydrogen (secondary N) is 2. The number of rotatable bonds is 8. The maximum Gasteiger partial charge on any atom is 0.236 e. The van der Waals surface area contributed by atoms with E-state index in [1.54, 1.807) is 27.9 Å². The zero-order valence-electron chi connectivity index (χ0n) is 11.0. The van der Waals surface area contributed by atoms with Crippen molar-refractivity contribution in [2.24, 2.45) is 11.1 Å².